The molecule has 7 heteroatoms. The highest BCUT2D eigenvalue weighted by atomic mass is 16.6. The Balaban J connectivity index is 2.98. The lowest BCUT2D eigenvalue weighted by Crippen LogP contribution is -2.41. The van der Waals surface area contributed by atoms with Gasteiger partial charge in [0.15, 0.2) is 0 Å². The summed E-state index contributed by atoms with van der Waals surface area (Å²) in [4.78, 5) is 35.2. The molecule has 7 nitrogen and oxygen atoms in total. The first-order valence-electron chi connectivity index (χ1n) is 7.36. The largest absolute Gasteiger partial charge is 0.444 e. The van der Waals surface area contributed by atoms with Gasteiger partial charge in [-0.25, -0.2) is 4.79 Å². The van der Waals surface area contributed by atoms with Gasteiger partial charge < -0.3 is 9.53 Å². The molecule has 0 spiro atoms. The molecule has 0 saturated carbocycles. The summed E-state index contributed by atoms with van der Waals surface area (Å²) in [6, 6.07) is 7.94. The Morgan fingerprint density at radius 1 is 1.35 bits per heavy atom. The average molecular weight is 322 g/mol. The van der Waals surface area contributed by atoms with Gasteiger partial charge in [0, 0.05) is 17.9 Å². The van der Waals surface area contributed by atoms with E-state index in [4.69, 9.17) is 4.74 Å². The number of carbonyl (C=O) groups is 2. The molecule has 1 aromatic rings. The Morgan fingerprint density at radius 2 is 1.96 bits per heavy atom. The summed E-state index contributed by atoms with van der Waals surface area (Å²) < 4.78 is 5.32. The van der Waals surface area contributed by atoms with Gasteiger partial charge in [0.05, 0.1) is 0 Å². The second-order valence-electron chi connectivity index (χ2n) is 6.08. The van der Waals surface area contributed by atoms with Crippen LogP contribution in [0.5, 0.6) is 0 Å². The van der Waals surface area contributed by atoms with Gasteiger partial charge in [-0.1, -0.05) is 30.3 Å². The quantitative estimate of drug-likeness (QED) is 0.437. The number of hydrogen-bond acceptors (Lipinski definition) is 5. The Kier molecular flexibility index (Phi) is 6.68. The van der Waals surface area contributed by atoms with Gasteiger partial charge in [-0.15, -0.1) is 0 Å². The molecule has 126 valence electrons. The van der Waals surface area contributed by atoms with Crippen molar-refractivity contribution in [3.8, 4) is 0 Å². The SMILES string of the molecule is CC(C)(C)OC(=O)N(CCC[N+](=O)[O-])[C@H](C=O)c1ccccc1. The van der Waals surface area contributed by atoms with Crippen molar-refractivity contribution in [3.05, 3.63) is 46.0 Å². The molecule has 0 bridgehead atoms. The summed E-state index contributed by atoms with van der Waals surface area (Å²) in [7, 11) is 0. The molecule has 0 aliphatic rings. The van der Waals surface area contributed by atoms with Crippen LogP contribution in [0.1, 0.15) is 38.8 Å². The van der Waals surface area contributed by atoms with Gasteiger partial charge in [0.2, 0.25) is 6.54 Å². The molecule has 0 aliphatic carbocycles. The second-order valence-corrected chi connectivity index (χ2v) is 6.08. The Hall–Kier alpha value is -2.44. The molecule has 0 aliphatic heterocycles. The van der Waals surface area contributed by atoms with Crippen molar-refractivity contribution in [2.75, 3.05) is 13.1 Å². The molecule has 0 unspecified atom stereocenters. The Bertz CT molecular complexity index is 539. The zero-order valence-electron chi connectivity index (χ0n) is 13.6. The Labute approximate surface area is 135 Å². The van der Waals surface area contributed by atoms with E-state index in [0.29, 0.717) is 11.8 Å². The lowest BCUT2D eigenvalue weighted by Gasteiger charge is -2.31. The molecule has 23 heavy (non-hydrogen) atoms. The van der Waals surface area contributed by atoms with Crippen molar-refractivity contribution in [3.63, 3.8) is 0 Å². The highest BCUT2D eigenvalue weighted by Gasteiger charge is 2.29. The summed E-state index contributed by atoms with van der Waals surface area (Å²) in [5.41, 5.74) is -0.0859. The van der Waals surface area contributed by atoms with Crippen LogP contribution in [0.25, 0.3) is 0 Å². The van der Waals surface area contributed by atoms with E-state index in [2.05, 4.69) is 0 Å². The van der Waals surface area contributed by atoms with Gasteiger partial charge in [-0.3, -0.25) is 15.0 Å². The lowest BCUT2D eigenvalue weighted by molar-refractivity contribution is -0.480. The number of rotatable bonds is 7. The van der Waals surface area contributed by atoms with Crippen LogP contribution < -0.4 is 0 Å². The Morgan fingerprint density at radius 3 is 2.43 bits per heavy atom. The number of hydrogen-bond donors (Lipinski definition) is 0. The zero-order chi connectivity index (χ0) is 17.5. The van der Waals surface area contributed by atoms with Gasteiger partial charge in [0.25, 0.3) is 0 Å². The van der Waals surface area contributed by atoms with Crippen LogP contribution in [-0.4, -0.2) is 40.9 Å². The van der Waals surface area contributed by atoms with Crippen LogP contribution in [0.2, 0.25) is 0 Å². The number of aldehydes is 1. The lowest BCUT2D eigenvalue weighted by atomic mass is 10.1. The van der Waals surface area contributed by atoms with Crippen LogP contribution in [0.3, 0.4) is 0 Å². The molecule has 1 atom stereocenters. The van der Waals surface area contributed by atoms with Crippen molar-refractivity contribution in [1.82, 2.24) is 4.90 Å². The van der Waals surface area contributed by atoms with E-state index in [1.807, 2.05) is 0 Å². The van der Waals surface area contributed by atoms with Crippen molar-refractivity contribution in [2.45, 2.75) is 38.8 Å². The third kappa shape index (κ3) is 6.46. The molecular formula is C16H22N2O5. The molecule has 0 N–H and O–H groups in total. The third-order valence-corrected chi connectivity index (χ3v) is 2.97. The minimum Gasteiger partial charge on any atom is -0.444 e. The van der Waals surface area contributed by atoms with E-state index in [-0.39, 0.29) is 19.5 Å². The summed E-state index contributed by atoms with van der Waals surface area (Å²) in [6.07, 6.45) is 0.122. The molecular weight excluding hydrogens is 300 g/mol. The number of benzene rings is 1. The highest BCUT2D eigenvalue weighted by Crippen LogP contribution is 2.22. The average Bonchev–Trinajstić information content (AvgIpc) is 2.45. The van der Waals surface area contributed by atoms with Gasteiger partial charge in [0.1, 0.15) is 17.9 Å². The predicted molar refractivity (Wildman–Crippen MR) is 84.7 cm³/mol. The van der Waals surface area contributed by atoms with Crippen molar-refractivity contribution >= 4 is 12.4 Å². The predicted octanol–water partition coefficient (Wildman–Crippen LogP) is 2.83. The first-order valence-corrected chi connectivity index (χ1v) is 7.36. The smallest absolute Gasteiger partial charge is 0.411 e. The van der Waals surface area contributed by atoms with Crippen LogP contribution in [0.4, 0.5) is 4.79 Å². The number of carbonyl (C=O) groups excluding carboxylic acids is 2. The van der Waals surface area contributed by atoms with E-state index in [1.54, 1.807) is 51.1 Å². The van der Waals surface area contributed by atoms with Gasteiger partial charge in [-0.2, -0.15) is 0 Å². The maximum absolute atomic E-state index is 12.4. The fourth-order valence-electron chi connectivity index (χ4n) is 2.02. The summed E-state index contributed by atoms with van der Waals surface area (Å²) >= 11 is 0. The fourth-order valence-corrected chi connectivity index (χ4v) is 2.02. The van der Waals surface area contributed by atoms with Gasteiger partial charge >= 0.3 is 6.09 Å². The number of amides is 1. The summed E-state index contributed by atoms with van der Waals surface area (Å²) in [5.74, 6) is 0. The third-order valence-electron chi connectivity index (χ3n) is 2.97. The topological polar surface area (TPSA) is 89.8 Å². The van der Waals surface area contributed by atoms with Crippen molar-refractivity contribution in [2.24, 2.45) is 0 Å². The van der Waals surface area contributed by atoms with E-state index in [0.717, 1.165) is 0 Å². The summed E-state index contributed by atoms with van der Waals surface area (Å²) in [6.45, 7) is 4.95. The molecule has 0 fully saturated rings. The monoisotopic (exact) mass is 322 g/mol. The van der Waals surface area contributed by atoms with Crippen LogP contribution >= 0.6 is 0 Å². The van der Waals surface area contributed by atoms with Crippen LogP contribution in [-0.2, 0) is 9.53 Å². The maximum Gasteiger partial charge on any atom is 0.411 e. The molecule has 1 aromatic carbocycles. The number of nitrogens with zero attached hydrogens (tertiary/aromatic N) is 2. The van der Waals surface area contributed by atoms with Gasteiger partial charge in [-0.05, 0) is 26.3 Å². The minimum absolute atomic E-state index is 0.0637. The van der Waals surface area contributed by atoms with Crippen molar-refractivity contribution < 1.29 is 19.2 Å². The zero-order valence-corrected chi connectivity index (χ0v) is 13.6. The maximum atomic E-state index is 12.4. The molecule has 0 heterocycles. The molecule has 0 aromatic heterocycles. The number of ether oxygens (including phenoxy) is 1. The number of nitro groups is 1. The molecule has 0 radical (unpaired) electrons. The molecule has 1 amide bonds. The standard InChI is InChI=1S/C16H22N2O5/c1-16(2,3)23-15(20)17(10-7-11-18(21)22)14(12-19)13-8-5-4-6-9-13/h4-6,8-9,12,14H,7,10-11H2,1-3H3/t14-/m1/s1. The van der Waals surface area contributed by atoms with E-state index in [9.17, 15) is 19.7 Å². The summed E-state index contributed by atoms with van der Waals surface area (Å²) in [5, 5.41) is 10.5. The highest BCUT2D eigenvalue weighted by molar-refractivity contribution is 5.75. The second kappa shape index (κ2) is 8.26. The fraction of sp³-hybridized carbons (Fsp3) is 0.500. The van der Waals surface area contributed by atoms with E-state index >= 15 is 0 Å². The van der Waals surface area contributed by atoms with Crippen LogP contribution in [0, 0.1) is 10.1 Å². The van der Waals surface area contributed by atoms with Crippen LogP contribution in [0.15, 0.2) is 30.3 Å². The van der Waals surface area contributed by atoms with Crippen molar-refractivity contribution in [1.29, 1.82) is 0 Å². The van der Waals surface area contributed by atoms with E-state index in [1.165, 1.54) is 4.90 Å². The first kappa shape index (κ1) is 18.6. The molecule has 0 saturated heterocycles. The normalized spacial score (nSPS) is 12.3. The molecule has 1 rings (SSSR count). The minimum atomic E-state index is -0.835. The first-order chi connectivity index (χ1) is 10.7. The van der Waals surface area contributed by atoms with E-state index < -0.39 is 22.7 Å².